The smallest absolute Gasteiger partial charge is 0.318 e. The molecule has 1 aliphatic carbocycles. The summed E-state index contributed by atoms with van der Waals surface area (Å²) in [7, 11) is 0. The van der Waals surface area contributed by atoms with Crippen LogP contribution >= 0.6 is 0 Å². The van der Waals surface area contributed by atoms with Crippen molar-refractivity contribution in [3.8, 4) is 12.1 Å². The minimum atomic E-state index is -0.237. The summed E-state index contributed by atoms with van der Waals surface area (Å²) in [5.74, 6) is 0.743. The van der Waals surface area contributed by atoms with E-state index in [9.17, 15) is 10.1 Å². The molecule has 1 aromatic heterocycles. The Hall–Kier alpha value is -4.20. The molecule has 3 aromatic rings. The number of aromatic nitrogens is 2. The van der Waals surface area contributed by atoms with Crippen molar-refractivity contribution < 1.29 is 9.53 Å². The van der Waals surface area contributed by atoms with Crippen molar-refractivity contribution in [3.63, 3.8) is 0 Å². The standard InChI is InChI=1S/C37H46N8O2/c1-5-33(46)45-19-18-43(22-29(45)12-16-38)35-30-13-17-42(32-11-7-10-28-9-6-8-25(2)34(28)32)23-31(30)40-36(41-35)47-24-37(14-15-37)44-20-26(3)39-27(4)21-44/h5-11,26-27,29,39H,1,12-15,17-24H2,2-4H3/t26-,27+,29-/m0/s1. The Morgan fingerprint density at radius 3 is 2.57 bits per heavy atom. The number of ether oxygens (including phenoxy) is 1. The van der Waals surface area contributed by atoms with E-state index in [1.807, 2.05) is 0 Å². The van der Waals surface area contributed by atoms with Crippen LogP contribution in [0.4, 0.5) is 11.5 Å². The first-order valence-corrected chi connectivity index (χ1v) is 17.1. The summed E-state index contributed by atoms with van der Waals surface area (Å²) in [5, 5.41) is 15.8. The van der Waals surface area contributed by atoms with Gasteiger partial charge in [-0.05, 0) is 63.1 Å². The van der Waals surface area contributed by atoms with Gasteiger partial charge in [0.25, 0.3) is 0 Å². The maximum absolute atomic E-state index is 12.6. The number of hydrogen-bond donors (Lipinski definition) is 1. The zero-order chi connectivity index (χ0) is 32.7. The van der Waals surface area contributed by atoms with Crippen LogP contribution in [0.3, 0.4) is 0 Å². The second-order valence-corrected chi connectivity index (χ2v) is 14.0. The van der Waals surface area contributed by atoms with E-state index in [1.54, 1.807) is 4.90 Å². The molecule has 0 unspecified atom stereocenters. The number of hydrogen-bond acceptors (Lipinski definition) is 9. The Balaban J connectivity index is 1.21. The molecule has 2 saturated heterocycles. The van der Waals surface area contributed by atoms with Crippen molar-refractivity contribution in [2.24, 2.45) is 0 Å². The molecule has 246 valence electrons. The number of carbonyl (C=O) groups excluding carboxylic acids is 1. The molecule has 3 atom stereocenters. The average molecular weight is 635 g/mol. The molecule has 10 heteroatoms. The van der Waals surface area contributed by atoms with Crippen LogP contribution in [-0.4, -0.2) is 95.2 Å². The second kappa shape index (κ2) is 12.8. The number of benzene rings is 2. The molecule has 2 aromatic carbocycles. The number of rotatable bonds is 8. The molecule has 0 radical (unpaired) electrons. The van der Waals surface area contributed by atoms with Crippen molar-refractivity contribution in [2.45, 2.75) is 76.7 Å². The molecule has 47 heavy (non-hydrogen) atoms. The molecule has 1 N–H and O–H groups in total. The molecule has 3 fully saturated rings. The summed E-state index contributed by atoms with van der Waals surface area (Å²) in [6, 6.07) is 16.4. The number of piperazine rings is 2. The molecule has 0 bridgehead atoms. The number of nitrogens with one attached hydrogen (secondary N) is 1. The number of amides is 1. The molecule has 0 spiro atoms. The van der Waals surface area contributed by atoms with Crippen LogP contribution in [0.25, 0.3) is 10.8 Å². The fraction of sp³-hybridized carbons (Fsp3) is 0.514. The first-order chi connectivity index (χ1) is 22.8. The first-order valence-electron chi connectivity index (χ1n) is 17.1. The van der Waals surface area contributed by atoms with Gasteiger partial charge in [-0.25, -0.2) is 0 Å². The zero-order valence-electron chi connectivity index (χ0n) is 27.9. The summed E-state index contributed by atoms with van der Waals surface area (Å²) in [4.78, 5) is 31.9. The Morgan fingerprint density at radius 2 is 1.85 bits per heavy atom. The minimum Gasteiger partial charge on any atom is -0.461 e. The van der Waals surface area contributed by atoms with Crippen molar-refractivity contribution >= 4 is 28.2 Å². The average Bonchev–Trinajstić information content (AvgIpc) is 3.87. The van der Waals surface area contributed by atoms with Crippen LogP contribution in [-0.2, 0) is 17.8 Å². The Morgan fingerprint density at radius 1 is 1.09 bits per heavy atom. The summed E-state index contributed by atoms with van der Waals surface area (Å²) in [6.07, 6.45) is 4.63. The van der Waals surface area contributed by atoms with E-state index in [2.05, 4.69) is 89.8 Å². The SMILES string of the molecule is C=CC(=O)N1CCN(c2nc(OCC3(N4C[C@@H](C)N[C@@H](C)C4)CC3)nc3c2CCN(c2cccc4cccc(C)c24)C3)C[C@@H]1CC#N. The van der Waals surface area contributed by atoms with E-state index >= 15 is 0 Å². The fourth-order valence-electron chi connectivity index (χ4n) is 8.03. The largest absolute Gasteiger partial charge is 0.461 e. The van der Waals surface area contributed by atoms with Crippen molar-refractivity contribution in [2.75, 3.05) is 55.7 Å². The van der Waals surface area contributed by atoms with Crippen LogP contribution in [0.1, 0.15) is 49.9 Å². The van der Waals surface area contributed by atoms with Crippen LogP contribution in [0.2, 0.25) is 0 Å². The Labute approximate surface area is 278 Å². The summed E-state index contributed by atoms with van der Waals surface area (Å²) in [6.45, 7) is 16.1. The summed E-state index contributed by atoms with van der Waals surface area (Å²) >= 11 is 0. The third kappa shape index (κ3) is 6.15. The predicted molar refractivity (Wildman–Crippen MR) is 185 cm³/mol. The van der Waals surface area contributed by atoms with E-state index in [-0.39, 0.29) is 23.9 Å². The minimum absolute atomic E-state index is 0.0329. The third-order valence-corrected chi connectivity index (χ3v) is 10.5. The predicted octanol–water partition coefficient (Wildman–Crippen LogP) is 4.21. The zero-order valence-corrected chi connectivity index (χ0v) is 27.9. The van der Waals surface area contributed by atoms with Crippen LogP contribution < -0.4 is 19.9 Å². The highest BCUT2D eigenvalue weighted by molar-refractivity contribution is 5.97. The fourth-order valence-corrected chi connectivity index (χ4v) is 8.03. The Kier molecular flexibility index (Phi) is 8.54. The van der Waals surface area contributed by atoms with E-state index in [1.165, 1.54) is 28.1 Å². The van der Waals surface area contributed by atoms with Gasteiger partial charge in [0.15, 0.2) is 0 Å². The lowest BCUT2D eigenvalue weighted by molar-refractivity contribution is -0.128. The molecule has 7 rings (SSSR count). The van der Waals surface area contributed by atoms with Crippen LogP contribution in [0, 0.1) is 18.3 Å². The Bertz CT molecular complexity index is 1700. The lowest BCUT2D eigenvalue weighted by Gasteiger charge is -2.42. The van der Waals surface area contributed by atoms with Crippen molar-refractivity contribution in [3.05, 3.63) is 65.9 Å². The third-order valence-electron chi connectivity index (χ3n) is 10.5. The van der Waals surface area contributed by atoms with Gasteiger partial charge >= 0.3 is 6.01 Å². The molecule has 10 nitrogen and oxygen atoms in total. The molecule has 1 saturated carbocycles. The van der Waals surface area contributed by atoms with E-state index in [0.29, 0.717) is 50.9 Å². The maximum Gasteiger partial charge on any atom is 0.318 e. The molecular formula is C37H46N8O2. The number of nitriles is 1. The number of nitrogens with zero attached hydrogens (tertiary/aromatic N) is 7. The highest BCUT2D eigenvalue weighted by Crippen LogP contribution is 2.43. The van der Waals surface area contributed by atoms with E-state index in [4.69, 9.17) is 14.7 Å². The first kappa shape index (κ1) is 31.4. The molecule has 4 aliphatic rings. The summed E-state index contributed by atoms with van der Waals surface area (Å²) in [5.41, 5.74) is 4.63. The van der Waals surface area contributed by atoms with Crippen molar-refractivity contribution in [1.29, 1.82) is 5.26 Å². The highest BCUT2D eigenvalue weighted by atomic mass is 16.5. The maximum atomic E-state index is 12.6. The van der Waals surface area contributed by atoms with Gasteiger partial charge in [0.2, 0.25) is 5.91 Å². The lowest BCUT2D eigenvalue weighted by atomic mass is 9.99. The highest BCUT2D eigenvalue weighted by Gasteiger charge is 2.50. The number of aryl methyl sites for hydroxylation is 1. The number of carbonyl (C=O) groups is 1. The van der Waals surface area contributed by atoms with Gasteiger partial charge in [-0.3, -0.25) is 9.69 Å². The van der Waals surface area contributed by atoms with Gasteiger partial charge in [-0.1, -0.05) is 36.9 Å². The molecule has 4 heterocycles. The summed E-state index contributed by atoms with van der Waals surface area (Å²) < 4.78 is 6.58. The molecule has 1 amide bonds. The van der Waals surface area contributed by atoms with Gasteiger partial charge in [0.05, 0.1) is 36.3 Å². The molecule has 3 aliphatic heterocycles. The second-order valence-electron chi connectivity index (χ2n) is 14.0. The van der Waals surface area contributed by atoms with Gasteiger partial charge < -0.3 is 24.8 Å². The van der Waals surface area contributed by atoms with E-state index < -0.39 is 0 Å². The number of anilines is 2. The normalized spacial score (nSPS) is 24.0. The quantitative estimate of drug-likeness (QED) is 0.365. The van der Waals surface area contributed by atoms with Crippen LogP contribution in [0.15, 0.2) is 49.1 Å². The topological polar surface area (TPSA) is 101 Å². The van der Waals surface area contributed by atoms with Gasteiger partial charge in [-0.2, -0.15) is 15.2 Å². The van der Waals surface area contributed by atoms with Crippen LogP contribution in [0.5, 0.6) is 6.01 Å². The van der Waals surface area contributed by atoms with Gasteiger partial charge in [0.1, 0.15) is 12.4 Å². The number of fused-ring (bicyclic) bond motifs is 2. The van der Waals surface area contributed by atoms with Crippen molar-refractivity contribution in [1.82, 2.24) is 25.1 Å². The monoisotopic (exact) mass is 634 g/mol. The van der Waals surface area contributed by atoms with E-state index in [0.717, 1.165) is 56.0 Å². The van der Waals surface area contributed by atoms with Gasteiger partial charge in [0, 0.05) is 68.0 Å². The van der Waals surface area contributed by atoms with Gasteiger partial charge in [-0.15, -0.1) is 0 Å². The molecular weight excluding hydrogens is 588 g/mol. The lowest BCUT2D eigenvalue weighted by Crippen LogP contribution is -2.59.